The van der Waals surface area contributed by atoms with Crippen LogP contribution >= 0.6 is 0 Å². The third-order valence-electron chi connectivity index (χ3n) is 2.53. The summed E-state index contributed by atoms with van der Waals surface area (Å²) in [5.41, 5.74) is -0.341. The van der Waals surface area contributed by atoms with Gasteiger partial charge in [-0.3, -0.25) is 24.3 Å². The number of carbonyl (C=O) groups excluding carboxylic acids is 3. The van der Waals surface area contributed by atoms with Gasteiger partial charge in [0.2, 0.25) is 12.2 Å². The van der Waals surface area contributed by atoms with E-state index >= 15 is 0 Å². The minimum atomic E-state index is -0.793. The van der Waals surface area contributed by atoms with E-state index in [-0.39, 0.29) is 18.1 Å². The maximum Gasteiger partial charge on any atom is 0.288 e. The van der Waals surface area contributed by atoms with Crippen LogP contribution in [0.4, 0.5) is 5.69 Å². The second-order valence-electron chi connectivity index (χ2n) is 3.79. The van der Waals surface area contributed by atoms with E-state index in [4.69, 9.17) is 0 Å². The van der Waals surface area contributed by atoms with Gasteiger partial charge in [-0.1, -0.05) is 0 Å². The van der Waals surface area contributed by atoms with Crippen LogP contribution in [-0.2, 0) is 9.59 Å². The Labute approximate surface area is 111 Å². The Hall–Kier alpha value is -3.16. The Morgan fingerprint density at radius 2 is 1.90 bits per heavy atom. The van der Waals surface area contributed by atoms with Crippen molar-refractivity contribution in [3.8, 4) is 11.6 Å². The number of nitrogens with one attached hydrogen (secondary N) is 2. The van der Waals surface area contributed by atoms with Crippen LogP contribution in [-0.4, -0.2) is 33.4 Å². The number of amides is 1. The monoisotopic (exact) mass is 275 g/mol. The van der Waals surface area contributed by atoms with Crippen molar-refractivity contribution >= 4 is 24.2 Å². The van der Waals surface area contributed by atoms with Gasteiger partial charge in [0, 0.05) is 5.69 Å². The van der Waals surface area contributed by atoms with Crippen LogP contribution in [0, 0.1) is 0 Å². The van der Waals surface area contributed by atoms with Gasteiger partial charge in [-0.15, -0.1) is 0 Å². The van der Waals surface area contributed by atoms with E-state index in [0.29, 0.717) is 11.4 Å². The number of aromatic amines is 1. The van der Waals surface area contributed by atoms with E-state index in [2.05, 4.69) is 10.4 Å². The van der Waals surface area contributed by atoms with Crippen LogP contribution in [0.25, 0.3) is 5.69 Å². The van der Waals surface area contributed by atoms with Crippen molar-refractivity contribution in [1.82, 2.24) is 9.78 Å². The van der Waals surface area contributed by atoms with Crippen molar-refractivity contribution in [3.05, 3.63) is 40.2 Å². The lowest BCUT2D eigenvalue weighted by Crippen LogP contribution is -2.12. The number of H-pyrrole nitrogens is 1. The molecule has 0 fully saturated rings. The van der Waals surface area contributed by atoms with Gasteiger partial charge in [0.1, 0.15) is 5.56 Å². The summed E-state index contributed by atoms with van der Waals surface area (Å²) in [5.74, 6) is -1.30. The minimum absolute atomic E-state index is 0.138. The first-order chi connectivity index (χ1) is 9.56. The average Bonchev–Trinajstić information content (AvgIpc) is 2.74. The maximum atomic E-state index is 11.4. The number of rotatable bonds is 4. The fourth-order valence-corrected chi connectivity index (χ4v) is 1.60. The molecular weight excluding hydrogens is 266 g/mol. The molecule has 1 aromatic heterocycles. The van der Waals surface area contributed by atoms with Crippen LogP contribution < -0.4 is 10.9 Å². The molecule has 0 spiro atoms. The number of aromatic nitrogens is 2. The van der Waals surface area contributed by atoms with Crippen LogP contribution in [0.1, 0.15) is 10.4 Å². The molecule has 0 bridgehead atoms. The number of nitrogens with zero attached hydrogens (tertiary/aromatic N) is 1. The lowest BCUT2D eigenvalue weighted by atomic mass is 10.2. The van der Waals surface area contributed by atoms with Gasteiger partial charge >= 0.3 is 0 Å². The van der Waals surface area contributed by atoms with Gasteiger partial charge < -0.3 is 10.4 Å². The van der Waals surface area contributed by atoms with Crippen molar-refractivity contribution in [3.63, 3.8) is 0 Å². The standard InChI is InChI=1S/C12H9N3O5/c16-5-9-11(19)14-15(12(9)20)8-3-1-7(2-4-8)13-10(18)6-17/h1-6,20H,(H,13,18)(H,14,19). The summed E-state index contributed by atoms with van der Waals surface area (Å²) in [6, 6.07) is 5.89. The Balaban J connectivity index is 2.35. The number of carbonyl (C=O) groups is 3. The molecule has 0 unspecified atom stereocenters. The second kappa shape index (κ2) is 5.22. The normalized spacial score (nSPS) is 10.0. The summed E-state index contributed by atoms with van der Waals surface area (Å²) in [4.78, 5) is 43.0. The minimum Gasteiger partial charge on any atom is -0.493 e. The quantitative estimate of drug-likeness (QED) is 0.528. The van der Waals surface area contributed by atoms with E-state index in [1.165, 1.54) is 24.3 Å². The van der Waals surface area contributed by atoms with Crippen LogP contribution in [0.3, 0.4) is 0 Å². The molecule has 8 heteroatoms. The van der Waals surface area contributed by atoms with Gasteiger partial charge in [0.05, 0.1) is 5.69 Å². The Bertz CT molecular complexity index is 727. The van der Waals surface area contributed by atoms with Crippen molar-refractivity contribution in [1.29, 1.82) is 0 Å². The third-order valence-corrected chi connectivity index (χ3v) is 2.53. The van der Waals surface area contributed by atoms with E-state index in [1.807, 2.05) is 0 Å². The highest BCUT2D eigenvalue weighted by atomic mass is 16.3. The number of aldehydes is 2. The molecule has 0 aliphatic heterocycles. The summed E-state index contributed by atoms with van der Waals surface area (Å²) in [7, 11) is 0. The summed E-state index contributed by atoms with van der Waals surface area (Å²) in [6.45, 7) is 0. The van der Waals surface area contributed by atoms with Crippen LogP contribution in [0.5, 0.6) is 5.88 Å². The highest BCUT2D eigenvalue weighted by Gasteiger charge is 2.14. The predicted molar refractivity (Wildman–Crippen MR) is 68.1 cm³/mol. The molecule has 8 nitrogen and oxygen atoms in total. The molecular formula is C12H9N3O5. The number of aromatic hydroxyl groups is 1. The van der Waals surface area contributed by atoms with Gasteiger partial charge in [0.25, 0.3) is 11.5 Å². The molecule has 20 heavy (non-hydrogen) atoms. The van der Waals surface area contributed by atoms with Crippen LogP contribution in [0.15, 0.2) is 29.1 Å². The molecule has 2 aromatic rings. The lowest BCUT2D eigenvalue weighted by molar-refractivity contribution is -0.127. The first kappa shape index (κ1) is 13.3. The zero-order valence-corrected chi connectivity index (χ0v) is 9.99. The molecule has 0 atom stereocenters. The molecule has 102 valence electrons. The van der Waals surface area contributed by atoms with Crippen molar-refractivity contribution in [2.75, 3.05) is 5.32 Å². The summed E-state index contributed by atoms with van der Waals surface area (Å²) in [6.07, 6.45) is 0.392. The smallest absolute Gasteiger partial charge is 0.288 e. The summed E-state index contributed by atoms with van der Waals surface area (Å²) < 4.78 is 1.03. The molecule has 0 radical (unpaired) electrons. The highest BCUT2D eigenvalue weighted by molar-refractivity contribution is 6.29. The first-order valence-corrected chi connectivity index (χ1v) is 5.42. The molecule has 1 heterocycles. The van der Waals surface area contributed by atoms with E-state index in [0.717, 1.165) is 4.68 Å². The highest BCUT2D eigenvalue weighted by Crippen LogP contribution is 2.18. The van der Waals surface area contributed by atoms with Gasteiger partial charge in [-0.2, -0.15) is 0 Å². The molecule has 1 amide bonds. The number of benzene rings is 1. The Morgan fingerprint density at radius 1 is 1.25 bits per heavy atom. The fraction of sp³-hybridized carbons (Fsp3) is 0. The SMILES string of the molecule is O=CC(=O)Nc1ccc(-n2[nH]c(=O)c(C=O)c2O)cc1. The average molecular weight is 275 g/mol. The van der Waals surface area contributed by atoms with Crippen molar-refractivity contribution < 1.29 is 19.5 Å². The van der Waals surface area contributed by atoms with Crippen LogP contribution in [0.2, 0.25) is 0 Å². The molecule has 3 N–H and O–H groups in total. The molecule has 2 rings (SSSR count). The van der Waals surface area contributed by atoms with Gasteiger partial charge in [-0.05, 0) is 24.3 Å². The second-order valence-corrected chi connectivity index (χ2v) is 3.79. The number of hydrogen-bond acceptors (Lipinski definition) is 5. The van der Waals surface area contributed by atoms with E-state index in [9.17, 15) is 24.3 Å². The molecule has 0 aliphatic carbocycles. The van der Waals surface area contributed by atoms with E-state index < -0.39 is 17.3 Å². The maximum absolute atomic E-state index is 11.4. The van der Waals surface area contributed by atoms with Crippen molar-refractivity contribution in [2.24, 2.45) is 0 Å². The Kier molecular flexibility index (Phi) is 3.47. The molecule has 0 saturated heterocycles. The summed E-state index contributed by atoms with van der Waals surface area (Å²) >= 11 is 0. The van der Waals surface area contributed by atoms with E-state index in [1.54, 1.807) is 0 Å². The first-order valence-electron chi connectivity index (χ1n) is 5.42. The van der Waals surface area contributed by atoms with Gasteiger partial charge in [-0.25, -0.2) is 4.68 Å². The van der Waals surface area contributed by atoms with Crippen molar-refractivity contribution in [2.45, 2.75) is 0 Å². The zero-order chi connectivity index (χ0) is 14.7. The fourth-order valence-electron chi connectivity index (χ4n) is 1.60. The zero-order valence-electron chi connectivity index (χ0n) is 9.99. The molecule has 0 saturated carbocycles. The lowest BCUT2D eigenvalue weighted by Gasteiger charge is -2.06. The summed E-state index contributed by atoms with van der Waals surface area (Å²) in [5, 5.41) is 14.3. The molecule has 1 aromatic carbocycles. The largest absolute Gasteiger partial charge is 0.493 e. The third kappa shape index (κ3) is 2.34. The number of anilines is 1. The predicted octanol–water partition coefficient (Wildman–Crippen LogP) is -0.179. The topological polar surface area (TPSA) is 121 Å². The Morgan fingerprint density at radius 3 is 2.40 bits per heavy atom. The molecule has 0 aliphatic rings. The van der Waals surface area contributed by atoms with Gasteiger partial charge in [0.15, 0.2) is 6.29 Å². The number of hydrogen-bond donors (Lipinski definition) is 3.